The first-order valence-corrected chi connectivity index (χ1v) is 10.1. The van der Waals surface area contributed by atoms with E-state index in [1.54, 1.807) is 0 Å². The Morgan fingerprint density at radius 2 is 1.61 bits per heavy atom. The van der Waals surface area contributed by atoms with E-state index in [0.29, 0.717) is 11.3 Å². The van der Waals surface area contributed by atoms with Crippen LogP contribution in [0.1, 0.15) is 78.6 Å². The van der Waals surface area contributed by atoms with Crippen molar-refractivity contribution in [3.05, 3.63) is 0 Å². The first kappa shape index (κ1) is 16.0. The van der Waals surface area contributed by atoms with Gasteiger partial charge in [0.25, 0.3) is 0 Å². The highest BCUT2D eigenvalue weighted by Gasteiger charge is 2.61. The molecule has 23 heavy (non-hydrogen) atoms. The van der Waals surface area contributed by atoms with Crippen molar-refractivity contribution in [2.24, 2.45) is 46.3 Å². The van der Waals surface area contributed by atoms with Crippen molar-refractivity contribution in [3.63, 3.8) is 0 Å². The Hall–Kier alpha value is -0.530. The van der Waals surface area contributed by atoms with Gasteiger partial charge in [-0.05, 0) is 91.8 Å². The summed E-state index contributed by atoms with van der Waals surface area (Å²) < 4.78 is 0. The van der Waals surface area contributed by atoms with Crippen LogP contribution in [0, 0.1) is 46.3 Å². The van der Waals surface area contributed by atoms with Crippen molar-refractivity contribution in [2.75, 3.05) is 0 Å². The number of carbonyl (C=O) groups is 1. The van der Waals surface area contributed by atoms with Gasteiger partial charge >= 0.3 is 5.97 Å². The summed E-state index contributed by atoms with van der Waals surface area (Å²) in [5, 5.41) is 9.68. The van der Waals surface area contributed by atoms with E-state index in [2.05, 4.69) is 20.8 Å². The van der Waals surface area contributed by atoms with Crippen LogP contribution < -0.4 is 0 Å². The molecule has 0 radical (unpaired) electrons. The number of hydrogen-bond donors (Lipinski definition) is 1. The topological polar surface area (TPSA) is 37.3 Å². The molecule has 0 aliphatic heterocycles. The molecule has 0 saturated heterocycles. The second kappa shape index (κ2) is 5.23. The predicted octanol–water partition coefficient (Wildman–Crippen LogP) is 5.37. The van der Waals surface area contributed by atoms with Gasteiger partial charge < -0.3 is 5.11 Å². The summed E-state index contributed by atoms with van der Waals surface area (Å²) in [7, 11) is 0. The van der Waals surface area contributed by atoms with E-state index in [4.69, 9.17) is 0 Å². The normalized spacial score (nSPS) is 55.6. The summed E-state index contributed by atoms with van der Waals surface area (Å²) in [5.41, 5.74) is 0.635. The lowest BCUT2D eigenvalue weighted by Gasteiger charge is -2.61. The van der Waals surface area contributed by atoms with Crippen LogP contribution in [-0.4, -0.2) is 11.1 Å². The lowest BCUT2D eigenvalue weighted by Crippen LogP contribution is -2.53. The van der Waals surface area contributed by atoms with Crippen LogP contribution in [0.5, 0.6) is 0 Å². The van der Waals surface area contributed by atoms with Crippen molar-refractivity contribution in [3.8, 4) is 0 Å². The molecule has 2 nitrogen and oxygen atoms in total. The van der Waals surface area contributed by atoms with Crippen molar-refractivity contribution >= 4 is 5.97 Å². The average Bonchev–Trinajstić information content (AvgIpc) is 2.85. The Morgan fingerprint density at radius 1 is 0.913 bits per heavy atom. The molecule has 0 aromatic rings. The predicted molar refractivity (Wildman–Crippen MR) is 92.0 cm³/mol. The summed E-state index contributed by atoms with van der Waals surface area (Å²) in [4.78, 5) is 11.7. The van der Waals surface area contributed by atoms with E-state index in [-0.39, 0.29) is 11.3 Å². The highest BCUT2D eigenvalue weighted by atomic mass is 16.4. The Balaban J connectivity index is 1.61. The van der Waals surface area contributed by atoms with E-state index in [1.165, 1.54) is 44.9 Å². The molecule has 4 fully saturated rings. The van der Waals surface area contributed by atoms with Crippen LogP contribution in [0.15, 0.2) is 0 Å². The summed E-state index contributed by atoms with van der Waals surface area (Å²) >= 11 is 0. The van der Waals surface area contributed by atoms with Gasteiger partial charge in [-0.1, -0.05) is 27.2 Å². The maximum absolute atomic E-state index is 11.7. The van der Waals surface area contributed by atoms with Crippen molar-refractivity contribution in [2.45, 2.75) is 78.6 Å². The van der Waals surface area contributed by atoms with E-state index < -0.39 is 5.97 Å². The van der Waals surface area contributed by atoms with Crippen molar-refractivity contribution in [1.82, 2.24) is 0 Å². The minimum absolute atomic E-state index is 0.0784. The Morgan fingerprint density at radius 3 is 2.35 bits per heavy atom. The SMILES string of the molecule is CC1CC[C@@]2(C)[C@@H](CC[C@@H]3[C@@H]2CC[C@]2(C)C(C(=O)O)CC[C@@H]32)C1. The summed E-state index contributed by atoms with van der Waals surface area (Å²) in [5.74, 6) is 3.62. The second-order valence-corrected chi connectivity index (χ2v) is 10.0. The lowest BCUT2D eigenvalue weighted by molar-refractivity contribution is -0.152. The number of carboxylic acids is 1. The monoisotopic (exact) mass is 318 g/mol. The third-order valence-electron chi connectivity index (χ3n) is 9.23. The maximum Gasteiger partial charge on any atom is 0.307 e. The van der Waals surface area contributed by atoms with E-state index in [0.717, 1.165) is 36.5 Å². The maximum atomic E-state index is 11.7. The fourth-order valence-corrected chi connectivity index (χ4v) is 7.88. The lowest BCUT2D eigenvalue weighted by atomic mass is 9.44. The quantitative estimate of drug-likeness (QED) is 0.706. The van der Waals surface area contributed by atoms with Crippen LogP contribution in [-0.2, 0) is 4.79 Å². The largest absolute Gasteiger partial charge is 0.481 e. The molecule has 0 amide bonds. The highest BCUT2D eigenvalue weighted by Crippen LogP contribution is 2.67. The number of rotatable bonds is 1. The van der Waals surface area contributed by atoms with E-state index in [9.17, 15) is 9.90 Å². The Bertz CT molecular complexity index is 500. The zero-order valence-corrected chi connectivity index (χ0v) is 15.2. The average molecular weight is 319 g/mol. The van der Waals surface area contributed by atoms with E-state index in [1.807, 2.05) is 0 Å². The fourth-order valence-electron chi connectivity index (χ4n) is 7.88. The molecule has 2 heteroatoms. The molecule has 4 aliphatic rings. The van der Waals surface area contributed by atoms with Gasteiger partial charge in [0, 0.05) is 0 Å². The molecule has 2 unspecified atom stereocenters. The Kier molecular flexibility index (Phi) is 3.63. The molecule has 1 N–H and O–H groups in total. The van der Waals surface area contributed by atoms with Gasteiger partial charge in [0.15, 0.2) is 0 Å². The fraction of sp³-hybridized carbons (Fsp3) is 0.952. The molecule has 4 rings (SSSR count). The number of hydrogen-bond acceptors (Lipinski definition) is 1. The highest BCUT2D eigenvalue weighted by molar-refractivity contribution is 5.71. The Labute approximate surface area is 141 Å². The molecule has 130 valence electrons. The van der Waals surface area contributed by atoms with Crippen molar-refractivity contribution in [1.29, 1.82) is 0 Å². The van der Waals surface area contributed by atoms with Crippen LogP contribution in [0.25, 0.3) is 0 Å². The van der Waals surface area contributed by atoms with Gasteiger partial charge in [-0.3, -0.25) is 4.79 Å². The smallest absolute Gasteiger partial charge is 0.307 e. The van der Waals surface area contributed by atoms with Gasteiger partial charge in [0.2, 0.25) is 0 Å². The molecule has 0 heterocycles. The minimum Gasteiger partial charge on any atom is -0.481 e. The van der Waals surface area contributed by atoms with E-state index >= 15 is 0 Å². The first-order valence-electron chi connectivity index (χ1n) is 10.1. The van der Waals surface area contributed by atoms with Gasteiger partial charge in [-0.2, -0.15) is 0 Å². The van der Waals surface area contributed by atoms with Crippen LogP contribution in [0.2, 0.25) is 0 Å². The summed E-state index contributed by atoms with van der Waals surface area (Å²) in [6.45, 7) is 7.36. The second-order valence-electron chi connectivity index (χ2n) is 10.0. The molecular formula is C21H34O2. The number of carboxylic acid groups (broad SMARTS) is 1. The van der Waals surface area contributed by atoms with Crippen LogP contribution in [0.4, 0.5) is 0 Å². The third-order valence-corrected chi connectivity index (χ3v) is 9.23. The summed E-state index contributed by atoms with van der Waals surface area (Å²) in [6.07, 6.45) is 11.6. The van der Waals surface area contributed by atoms with Crippen molar-refractivity contribution < 1.29 is 9.90 Å². The molecular weight excluding hydrogens is 284 g/mol. The van der Waals surface area contributed by atoms with Crippen LogP contribution >= 0.6 is 0 Å². The number of aliphatic carboxylic acids is 1. The molecule has 8 atom stereocenters. The molecule has 0 bridgehead atoms. The molecule has 4 saturated carbocycles. The van der Waals surface area contributed by atoms with Crippen LogP contribution in [0.3, 0.4) is 0 Å². The van der Waals surface area contributed by atoms with Gasteiger partial charge in [0.1, 0.15) is 0 Å². The molecule has 0 aromatic carbocycles. The van der Waals surface area contributed by atoms with Gasteiger partial charge in [0.05, 0.1) is 5.92 Å². The number of fused-ring (bicyclic) bond motifs is 5. The standard InChI is InChI=1S/C21H34O2/c1-13-8-10-20(2)14(12-13)4-5-15-16-6-7-18(19(22)23)21(16,3)11-9-17(15)20/h13-18H,4-12H2,1-3H3,(H,22,23)/t13?,14-,15-,16-,17-,18?,20-,21-/m0/s1. The zero-order valence-electron chi connectivity index (χ0n) is 15.2. The first-order chi connectivity index (χ1) is 10.9. The summed E-state index contributed by atoms with van der Waals surface area (Å²) in [6, 6.07) is 0. The molecule has 0 aromatic heterocycles. The zero-order chi connectivity index (χ0) is 16.4. The van der Waals surface area contributed by atoms with Gasteiger partial charge in [-0.25, -0.2) is 0 Å². The third kappa shape index (κ3) is 2.15. The van der Waals surface area contributed by atoms with Gasteiger partial charge in [-0.15, -0.1) is 0 Å². The molecule has 0 spiro atoms. The molecule has 4 aliphatic carbocycles. The minimum atomic E-state index is -0.528.